The molecule has 0 aromatic heterocycles. The molecule has 5 aliphatic rings. The molecule has 11 unspecified atom stereocenters. The molecule has 4 heteroatoms. The van der Waals surface area contributed by atoms with Crippen LogP contribution < -0.4 is 0 Å². The van der Waals surface area contributed by atoms with Gasteiger partial charge in [0.15, 0.2) is 5.79 Å². The summed E-state index contributed by atoms with van der Waals surface area (Å²) in [5.74, 6) is 2.05. The van der Waals surface area contributed by atoms with E-state index in [0.29, 0.717) is 36.5 Å². The molecule has 0 amide bonds. The van der Waals surface area contributed by atoms with Crippen LogP contribution in [0, 0.1) is 46.3 Å². The Morgan fingerprint density at radius 1 is 1.12 bits per heavy atom. The van der Waals surface area contributed by atoms with Crippen LogP contribution in [0.25, 0.3) is 0 Å². The maximum atomic E-state index is 12.5. The topological polar surface area (TPSA) is 49.7 Å². The molecule has 2 N–H and O–H groups in total. The quantitative estimate of drug-likeness (QED) is 0.341. The monoisotopic (exact) mass is 478 g/mol. The van der Waals surface area contributed by atoms with Gasteiger partial charge in [0.05, 0.1) is 11.7 Å². The minimum absolute atomic E-state index is 0.0355. The van der Waals surface area contributed by atoms with Crippen molar-refractivity contribution in [1.29, 1.82) is 0 Å². The first-order valence-electron chi connectivity index (χ1n) is 13.9. The molecule has 0 bridgehead atoms. The van der Waals surface area contributed by atoms with Crippen molar-refractivity contribution in [2.75, 3.05) is 5.88 Å². The van der Waals surface area contributed by atoms with Gasteiger partial charge in [-0.2, -0.15) is 0 Å². The Labute approximate surface area is 206 Å². The van der Waals surface area contributed by atoms with Crippen molar-refractivity contribution >= 4 is 11.6 Å². The average molecular weight is 479 g/mol. The Balaban J connectivity index is 1.39. The van der Waals surface area contributed by atoms with Crippen molar-refractivity contribution in [3.8, 4) is 0 Å². The summed E-state index contributed by atoms with van der Waals surface area (Å²) < 4.78 is 6.51. The molecule has 188 valence electrons. The number of ether oxygens (including phenoxy) is 1. The zero-order chi connectivity index (χ0) is 23.8. The van der Waals surface area contributed by atoms with Crippen LogP contribution in [0.3, 0.4) is 0 Å². The van der Waals surface area contributed by atoms with Gasteiger partial charge in [-0.25, -0.2) is 0 Å². The van der Waals surface area contributed by atoms with Crippen LogP contribution in [0.1, 0.15) is 98.8 Å². The number of hydrogen-bond donors (Lipinski definition) is 2. The van der Waals surface area contributed by atoms with Crippen molar-refractivity contribution in [2.24, 2.45) is 46.3 Å². The summed E-state index contributed by atoms with van der Waals surface area (Å²) in [6.45, 7) is 11.6. The summed E-state index contributed by atoms with van der Waals surface area (Å²) in [5, 5.41) is 24.1. The fraction of sp³-hybridized carbons (Fsp3) is 0.931. The number of halogens is 1. The van der Waals surface area contributed by atoms with Crippen molar-refractivity contribution in [3.05, 3.63) is 11.6 Å². The summed E-state index contributed by atoms with van der Waals surface area (Å²) in [4.78, 5) is 0. The summed E-state index contributed by atoms with van der Waals surface area (Å²) in [6.07, 6.45) is 12.9. The van der Waals surface area contributed by atoms with Crippen LogP contribution in [0.15, 0.2) is 11.6 Å². The molecular formula is C29H47ClO3. The van der Waals surface area contributed by atoms with Crippen LogP contribution >= 0.6 is 11.6 Å². The minimum atomic E-state index is -1.07. The zero-order valence-corrected chi connectivity index (χ0v) is 22.3. The molecular weight excluding hydrogens is 432 g/mol. The molecule has 0 aromatic carbocycles. The second kappa shape index (κ2) is 8.22. The van der Waals surface area contributed by atoms with E-state index in [4.69, 9.17) is 16.3 Å². The molecule has 3 nitrogen and oxygen atoms in total. The normalized spacial score (nSPS) is 54.1. The highest BCUT2D eigenvalue weighted by Crippen LogP contribution is 2.71. The van der Waals surface area contributed by atoms with Crippen molar-refractivity contribution < 1.29 is 14.9 Å². The highest BCUT2D eigenvalue weighted by Gasteiger charge is 2.73. The number of aliphatic hydroxyl groups is 2. The number of fused-ring (bicyclic) bond motifs is 7. The van der Waals surface area contributed by atoms with Crippen LogP contribution in [-0.2, 0) is 4.74 Å². The van der Waals surface area contributed by atoms with Crippen LogP contribution in [-0.4, -0.2) is 33.6 Å². The molecule has 1 heterocycles. The van der Waals surface area contributed by atoms with Gasteiger partial charge >= 0.3 is 0 Å². The lowest BCUT2D eigenvalue weighted by Gasteiger charge is -2.61. The molecule has 1 saturated heterocycles. The molecule has 11 atom stereocenters. The van der Waals surface area contributed by atoms with Crippen molar-refractivity contribution in [3.63, 3.8) is 0 Å². The maximum absolute atomic E-state index is 12.5. The van der Waals surface area contributed by atoms with E-state index >= 15 is 0 Å². The Kier molecular flexibility index (Phi) is 6.13. The lowest BCUT2D eigenvalue weighted by Crippen LogP contribution is -2.61. The second-order valence-electron chi connectivity index (χ2n) is 13.5. The van der Waals surface area contributed by atoms with E-state index in [-0.39, 0.29) is 28.8 Å². The Morgan fingerprint density at radius 2 is 1.88 bits per heavy atom. The molecule has 1 aliphatic heterocycles. The predicted molar refractivity (Wildman–Crippen MR) is 134 cm³/mol. The fourth-order valence-electron chi connectivity index (χ4n) is 9.57. The molecule has 0 aromatic rings. The Morgan fingerprint density at radius 3 is 2.61 bits per heavy atom. The summed E-state index contributed by atoms with van der Waals surface area (Å²) in [7, 11) is 0. The van der Waals surface area contributed by atoms with Gasteiger partial charge in [-0.3, -0.25) is 0 Å². The average Bonchev–Trinajstić information content (AvgIpc) is 3.13. The summed E-state index contributed by atoms with van der Waals surface area (Å²) in [5.41, 5.74) is 1.06. The minimum Gasteiger partial charge on any atom is -0.389 e. The lowest BCUT2D eigenvalue weighted by molar-refractivity contribution is -0.238. The van der Waals surface area contributed by atoms with Gasteiger partial charge in [-0.15, -0.1) is 11.6 Å². The molecule has 33 heavy (non-hydrogen) atoms. The predicted octanol–water partition coefficient (Wildman–Crippen LogP) is 6.70. The molecule has 3 saturated carbocycles. The van der Waals surface area contributed by atoms with E-state index < -0.39 is 11.4 Å². The molecule has 4 aliphatic carbocycles. The molecule has 5 rings (SSSR count). The first kappa shape index (κ1) is 24.6. The van der Waals surface area contributed by atoms with Crippen LogP contribution in [0.5, 0.6) is 0 Å². The SMILES string of the molecule is CC(CCCl)CCC1(O)OC2CC3(O)C4CC=C5CC(C)CCC5(C)C4CCC3(C)C2C1C. The summed E-state index contributed by atoms with van der Waals surface area (Å²) in [6, 6.07) is 0. The van der Waals surface area contributed by atoms with E-state index in [2.05, 4.69) is 40.7 Å². The van der Waals surface area contributed by atoms with Crippen LogP contribution in [0.2, 0.25) is 0 Å². The Hall–Kier alpha value is -0.0900. The third-order valence-corrected chi connectivity index (χ3v) is 12.0. The van der Waals surface area contributed by atoms with Gasteiger partial charge in [-0.05, 0) is 80.5 Å². The zero-order valence-electron chi connectivity index (χ0n) is 21.6. The summed E-state index contributed by atoms with van der Waals surface area (Å²) >= 11 is 5.93. The van der Waals surface area contributed by atoms with Crippen molar-refractivity contribution in [2.45, 2.75) is 116 Å². The number of rotatable bonds is 5. The standard InChI is InChI=1S/C29H47ClO3/c1-18(11-15-30)9-14-29(32)20(3)25-24(33-29)17-28(31)23-7-6-21-16-19(2)8-12-26(21,4)22(23)10-13-27(25,28)5/h6,18-20,22-25,31-32H,7-17H2,1-5H3. The largest absolute Gasteiger partial charge is 0.389 e. The van der Waals surface area contributed by atoms with E-state index in [0.717, 1.165) is 31.6 Å². The van der Waals surface area contributed by atoms with Gasteiger partial charge < -0.3 is 14.9 Å². The number of allylic oxidation sites excluding steroid dienone is 2. The smallest absolute Gasteiger partial charge is 0.168 e. The van der Waals surface area contributed by atoms with Crippen molar-refractivity contribution in [1.82, 2.24) is 0 Å². The third kappa shape index (κ3) is 3.45. The fourth-order valence-corrected chi connectivity index (χ4v) is 9.94. The van der Waals surface area contributed by atoms with Gasteiger partial charge in [0.25, 0.3) is 0 Å². The third-order valence-electron chi connectivity index (χ3n) is 11.8. The van der Waals surface area contributed by atoms with E-state index in [1.165, 1.54) is 25.7 Å². The van der Waals surface area contributed by atoms with E-state index in [1.54, 1.807) is 5.57 Å². The van der Waals surface area contributed by atoms with Gasteiger partial charge in [0, 0.05) is 36.0 Å². The Bertz CT molecular complexity index is 798. The van der Waals surface area contributed by atoms with Gasteiger partial charge in [0.1, 0.15) is 0 Å². The number of alkyl halides is 1. The van der Waals surface area contributed by atoms with E-state index in [1.807, 2.05) is 0 Å². The molecule has 4 fully saturated rings. The molecule has 0 radical (unpaired) electrons. The van der Waals surface area contributed by atoms with E-state index in [9.17, 15) is 10.2 Å². The first-order valence-corrected chi connectivity index (χ1v) is 14.4. The van der Waals surface area contributed by atoms with Crippen LogP contribution in [0.4, 0.5) is 0 Å². The first-order chi connectivity index (χ1) is 15.5. The highest BCUT2D eigenvalue weighted by molar-refractivity contribution is 6.17. The molecule has 0 spiro atoms. The van der Waals surface area contributed by atoms with Gasteiger partial charge in [-0.1, -0.05) is 46.3 Å². The highest BCUT2D eigenvalue weighted by atomic mass is 35.5. The van der Waals surface area contributed by atoms with Gasteiger partial charge in [0.2, 0.25) is 0 Å². The number of hydrogen-bond acceptors (Lipinski definition) is 3. The lowest BCUT2D eigenvalue weighted by atomic mass is 9.45. The maximum Gasteiger partial charge on any atom is 0.168 e. The second-order valence-corrected chi connectivity index (χ2v) is 13.8.